The van der Waals surface area contributed by atoms with Gasteiger partial charge in [-0.25, -0.2) is 0 Å². The van der Waals surface area contributed by atoms with Crippen LogP contribution in [0.5, 0.6) is 0 Å². The minimum Gasteiger partial charge on any atom is -0.0654 e. The van der Waals surface area contributed by atoms with Gasteiger partial charge in [0.15, 0.2) is 0 Å². The summed E-state index contributed by atoms with van der Waals surface area (Å²) in [5, 5.41) is 0. The predicted molar refractivity (Wildman–Crippen MR) is 96.9 cm³/mol. The molecule has 0 nitrogen and oxygen atoms in total. The number of rotatable bonds is 8. The Morgan fingerprint density at radius 3 is 1.29 bits per heavy atom. The van der Waals surface area contributed by atoms with Crippen molar-refractivity contribution in [1.29, 1.82) is 0 Å². The minimum absolute atomic E-state index is 0.731. The van der Waals surface area contributed by atoms with Gasteiger partial charge in [0.05, 0.1) is 0 Å². The second-order valence-electron chi connectivity index (χ2n) is 7.74. The average Bonchev–Trinajstić information content (AvgIpc) is 2.54. The molecule has 21 heavy (non-hydrogen) atoms. The monoisotopic (exact) mass is 294 g/mol. The highest BCUT2D eigenvalue weighted by Crippen LogP contribution is 2.42. The van der Waals surface area contributed by atoms with Crippen molar-refractivity contribution in [3.8, 4) is 0 Å². The van der Waals surface area contributed by atoms with E-state index >= 15 is 0 Å². The fourth-order valence-electron chi connectivity index (χ4n) is 4.31. The molecule has 0 atom stereocenters. The van der Waals surface area contributed by atoms with Crippen LogP contribution >= 0.6 is 0 Å². The molecule has 0 N–H and O–H groups in total. The Bertz CT molecular complexity index is 194. The first-order chi connectivity index (χ1) is 10.3. The highest BCUT2D eigenvalue weighted by atomic mass is 14.3. The van der Waals surface area contributed by atoms with E-state index in [1.807, 2.05) is 0 Å². The lowest BCUT2D eigenvalue weighted by molar-refractivity contribution is 0.174. The molecule has 0 aromatic heterocycles. The highest BCUT2D eigenvalue weighted by molar-refractivity contribution is 4.80. The van der Waals surface area contributed by atoms with Crippen LogP contribution in [0.2, 0.25) is 0 Å². The largest absolute Gasteiger partial charge is 0.0654 e. The summed E-state index contributed by atoms with van der Waals surface area (Å²) in [6.07, 6.45) is 26.8. The van der Waals surface area contributed by atoms with E-state index in [1.54, 1.807) is 12.8 Å². The third-order valence-electron chi connectivity index (χ3n) is 5.79. The van der Waals surface area contributed by atoms with Crippen molar-refractivity contribution in [3.63, 3.8) is 0 Å². The van der Waals surface area contributed by atoms with E-state index in [9.17, 15) is 0 Å². The molecule has 0 unspecified atom stereocenters. The molecule has 0 aromatic carbocycles. The van der Waals surface area contributed by atoms with Gasteiger partial charge in [-0.2, -0.15) is 0 Å². The summed E-state index contributed by atoms with van der Waals surface area (Å²) in [5.41, 5.74) is 0.731. The topological polar surface area (TPSA) is 0 Å². The maximum absolute atomic E-state index is 2.35. The van der Waals surface area contributed by atoms with Gasteiger partial charge in [-0.1, -0.05) is 104 Å². The summed E-state index contributed by atoms with van der Waals surface area (Å²) in [6, 6.07) is 0. The van der Waals surface area contributed by atoms with Gasteiger partial charge in [-0.05, 0) is 31.1 Å². The minimum atomic E-state index is 0.731. The van der Waals surface area contributed by atoms with Crippen LogP contribution in [0.15, 0.2) is 0 Å². The van der Waals surface area contributed by atoms with Crippen molar-refractivity contribution in [2.24, 2.45) is 5.41 Å². The third kappa shape index (κ3) is 8.89. The van der Waals surface area contributed by atoms with E-state index < -0.39 is 0 Å². The Labute approximate surface area is 135 Å². The zero-order valence-electron chi connectivity index (χ0n) is 15.2. The number of unbranched alkanes of at least 4 members (excludes halogenated alkanes) is 4. The number of hydrogen-bond acceptors (Lipinski definition) is 0. The second kappa shape index (κ2) is 12.5. The lowest BCUT2D eigenvalue weighted by Gasteiger charge is -2.35. The zero-order valence-corrected chi connectivity index (χ0v) is 15.2. The normalized spacial score (nSPS) is 20.9. The van der Waals surface area contributed by atoms with Gasteiger partial charge in [-0.3, -0.25) is 0 Å². The quantitative estimate of drug-likeness (QED) is 0.397. The Morgan fingerprint density at radius 2 is 0.905 bits per heavy atom. The van der Waals surface area contributed by atoms with Gasteiger partial charge in [0.2, 0.25) is 0 Å². The maximum atomic E-state index is 2.35. The van der Waals surface area contributed by atoms with Crippen LogP contribution in [0.3, 0.4) is 0 Å². The molecule has 1 fully saturated rings. The molecule has 1 aliphatic carbocycles. The predicted octanol–water partition coefficient (Wildman–Crippen LogP) is 8.05. The first kappa shape index (κ1) is 19.0. The van der Waals surface area contributed by atoms with E-state index in [0.717, 1.165) is 5.41 Å². The Balaban J connectivity index is 2.56. The summed E-state index contributed by atoms with van der Waals surface area (Å²) in [7, 11) is 0. The van der Waals surface area contributed by atoms with Gasteiger partial charge in [0.25, 0.3) is 0 Å². The summed E-state index contributed by atoms with van der Waals surface area (Å²) < 4.78 is 0. The smallest absolute Gasteiger partial charge is 0.0297 e. The molecule has 0 radical (unpaired) electrons. The molecule has 0 spiro atoms. The molecule has 1 saturated carbocycles. The lowest BCUT2D eigenvalue weighted by Crippen LogP contribution is -2.21. The van der Waals surface area contributed by atoms with E-state index in [2.05, 4.69) is 13.8 Å². The van der Waals surface area contributed by atoms with Crippen molar-refractivity contribution in [2.45, 2.75) is 129 Å². The fourth-order valence-corrected chi connectivity index (χ4v) is 4.31. The van der Waals surface area contributed by atoms with Gasteiger partial charge in [0, 0.05) is 0 Å². The first-order valence-electron chi connectivity index (χ1n) is 10.3. The van der Waals surface area contributed by atoms with E-state index in [1.165, 1.54) is 103 Å². The summed E-state index contributed by atoms with van der Waals surface area (Å²) >= 11 is 0. The van der Waals surface area contributed by atoms with E-state index in [4.69, 9.17) is 0 Å². The van der Waals surface area contributed by atoms with E-state index in [-0.39, 0.29) is 0 Å². The summed E-state index contributed by atoms with van der Waals surface area (Å²) in [5.74, 6) is 0. The highest BCUT2D eigenvalue weighted by Gasteiger charge is 2.28. The maximum Gasteiger partial charge on any atom is -0.0297 e. The molecule has 1 aliphatic rings. The van der Waals surface area contributed by atoms with Gasteiger partial charge >= 0.3 is 0 Å². The molecule has 1 rings (SSSR count). The molecule has 0 aliphatic heterocycles. The molecule has 126 valence electrons. The third-order valence-corrected chi connectivity index (χ3v) is 5.79. The molecule has 0 heteroatoms. The first-order valence-corrected chi connectivity index (χ1v) is 10.3. The average molecular weight is 295 g/mol. The van der Waals surface area contributed by atoms with Crippen LogP contribution in [0.1, 0.15) is 129 Å². The van der Waals surface area contributed by atoms with Gasteiger partial charge in [0.1, 0.15) is 0 Å². The molecular weight excluding hydrogens is 252 g/mol. The molecular formula is C21H42. The summed E-state index contributed by atoms with van der Waals surface area (Å²) in [6.45, 7) is 4.70. The van der Waals surface area contributed by atoms with Crippen molar-refractivity contribution in [2.75, 3.05) is 0 Å². The number of hydrogen-bond donors (Lipinski definition) is 0. The van der Waals surface area contributed by atoms with Crippen molar-refractivity contribution >= 4 is 0 Å². The summed E-state index contributed by atoms with van der Waals surface area (Å²) in [4.78, 5) is 0. The fraction of sp³-hybridized carbons (Fsp3) is 1.00. The van der Waals surface area contributed by atoms with Crippen LogP contribution in [0, 0.1) is 5.41 Å². The zero-order chi connectivity index (χ0) is 15.2. The van der Waals surface area contributed by atoms with Crippen LogP contribution in [0.4, 0.5) is 0 Å². The van der Waals surface area contributed by atoms with Crippen LogP contribution in [-0.4, -0.2) is 0 Å². The Morgan fingerprint density at radius 1 is 0.524 bits per heavy atom. The van der Waals surface area contributed by atoms with Crippen LogP contribution < -0.4 is 0 Å². The van der Waals surface area contributed by atoms with Gasteiger partial charge in [-0.15, -0.1) is 0 Å². The van der Waals surface area contributed by atoms with Crippen LogP contribution in [0.25, 0.3) is 0 Å². The second-order valence-corrected chi connectivity index (χ2v) is 7.74. The van der Waals surface area contributed by atoms with Crippen molar-refractivity contribution in [1.82, 2.24) is 0 Å². The molecule has 0 bridgehead atoms. The molecule has 0 amide bonds. The van der Waals surface area contributed by atoms with Crippen molar-refractivity contribution in [3.05, 3.63) is 0 Å². The molecule has 0 saturated heterocycles. The van der Waals surface area contributed by atoms with Gasteiger partial charge < -0.3 is 0 Å². The van der Waals surface area contributed by atoms with Crippen LogP contribution in [-0.2, 0) is 0 Å². The SMILES string of the molecule is CCCCCC1(CCCCC)CCCCCCCCCC1. The Hall–Kier alpha value is 0. The Kier molecular flexibility index (Phi) is 11.4. The molecule has 0 heterocycles. The lowest BCUT2D eigenvalue weighted by atomic mass is 9.71. The standard InChI is InChI=1S/C21H42/c1-3-5-13-17-21(18-14-6-4-2)19-15-11-9-7-8-10-12-16-20-21/h3-20H2,1-2H3. The van der Waals surface area contributed by atoms with Crippen molar-refractivity contribution < 1.29 is 0 Å². The van der Waals surface area contributed by atoms with E-state index in [0.29, 0.717) is 0 Å². The molecule has 0 aromatic rings.